The number of aryl methyl sites for hydroxylation is 1. The third kappa shape index (κ3) is 11.0. The van der Waals surface area contributed by atoms with Gasteiger partial charge in [0.2, 0.25) is 17.7 Å². The van der Waals surface area contributed by atoms with Crippen molar-refractivity contribution in [1.29, 1.82) is 0 Å². The van der Waals surface area contributed by atoms with Crippen LogP contribution in [0.5, 0.6) is 5.75 Å². The SMILES string of the molecule is CC[C@@H](C)C(=O)N[C@H](C(=O)N1Cc2cc(OCCOCCOCCOCCN)ccc2C[C@H]1C(=O)N[C@@H]1CCCc2ccccc21)C(C)(C)C. The molecule has 0 fully saturated rings. The van der Waals surface area contributed by atoms with Crippen LogP contribution < -0.4 is 21.1 Å². The van der Waals surface area contributed by atoms with Gasteiger partial charge in [0.1, 0.15) is 24.4 Å². The van der Waals surface area contributed by atoms with Gasteiger partial charge in [-0.1, -0.05) is 65.0 Å². The third-order valence-corrected chi connectivity index (χ3v) is 9.54. The quantitative estimate of drug-likeness (QED) is 0.198. The highest BCUT2D eigenvalue weighted by atomic mass is 16.6. The minimum Gasteiger partial charge on any atom is -0.491 e. The molecule has 0 saturated carbocycles. The van der Waals surface area contributed by atoms with E-state index in [-0.39, 0.29) is 36.2 Å². The number of nitrogens with zero attached hydrogens (tertiary/aromatic N) is 1. The lowest BCUT2D eigenvalue weighted by Crippen LogP contribution is -2.61. The van der Waals surface area contributed by atoms with Crippen molar-refractivity contribution in [3.05, 3.63) is 64.7 Å². The summed E-state index contributed by atoms with van der Waals surface area (Å²) in [6.45, 7) is 13.5. The van der Waals surface area contributed by atoms with E-state index in [1.807, 2.05) is 65.0 Å². The zero-order chi connectivity index (χ0) is 36.1. The number of nitrogens with one attached hydrogen (secondary N) is 2. The normalized spacial score (nSPS) is 18.4. The molecule has 0 unspecified atom stereocenters. The van der Waals surface area contributed by atoms with Crippen molar-refractivity contribution in [2.45, 2.75) is 91.4 Å². The molecular weight excluding hydrogens is 636 g/mol. The minimum atomic E-state index is -0.810. The Bertz CT molecular complexity index is 1410. The van der Waals surface area contributed by atoms with Gasteiger partial charge in [0.05, 0.1) is 45.7 Å². The Balaban J connectivity index is 1.47. The number of ether oxygens (including phenoxy) is 4. The Morgan fingerprint density at radius 1 is 0.920 bits per heavy atom. The maximum absolute atomic E-state index is 14.5. The van der Waals surface area contributed by atoms with Gasteiger partial charge in [0.25, 0.3) is 0 Å². The zero-order valence-electron chi connectivity index (χ0n) is 30.6. The largest absolute Gasteiger partial charge is 0.491 e. The molecule has 11 nitrogen and oxygen atoms in total. The van der Waals surface area contributed by atoms with Gasteiger partial charge >= 0.3 is 0 Å². The molecule has 4 N–H and O–H groups in total. The van der Waals surface area contributed by atoms with Crippen LogP contribution in [0.1, 0.15) is 82.2 Å². The van der Waals surface area contributed by atoms with Crippen molar-refractivity contribution in [2.75, 3.05) is 52.8 Å². The predicted octanol–water partition coefficient (Wildman–Crippen LogP) is 4.10. The number of nitrogens with two attached hydrogens (primary N) is 1. The second kappa shape index (κ2) is 19.2. The third-order valence-electron chi connectivity index (χ3n) is 9.54. The lowest BCUT2D eigenvalue weighted by Gasteiger charge is -2.42. The van der Waals surface area contributed by atoms with Crippen LogP contribution in [0.15, 0.2) is 42.5 Å². The molecule has 3 amide bonds. The van der Waals surface area contributed by atoms with Crippen molar-refractivity contribution in [1.82, 2.24) is 15.5 Å². The highest BCUT2D eigenvalue weighted by Gasteiger charge is 2.43. The van der Waals surface area contributed by atoms with Crippen molar-refractivity contribution in [3.63, 3.8) is 0 Å². The van der Waals surface area contributed by atoms with E-state index in [1.165, 1.54) is 5.56 Å². The van der Waals surface area contributed by atoms with Crippen LogP contribution in [0, 0.1) is 11.3 Å². The number of rotatable bonds is 18. The molecule has 4 atom stereocenters. The Kier molecular flexibility index (Phi) is 15.1. The maximum atomic E-state index is 14.5. The van der Waals surface area contributed by atoms with E-state index in [0.29, 0.717) is 71.4 Å². The summed E-state index contributed by atoms with van der Waals surface area (Å²) in [7, 11) is 0. The van der Waals surface area contributed by atoms with Crippen LogP contribution >= 0.6 is 0 Å². The first-order valence-corrected chi connectivity index (χ1v) is 18.2. The molecule has 0 aromatic heterocycles. The van der Waals surface area contributed by atoms with Gasteiger partial charge in [-0.2, -0.15) is 0 Å². The fourth-order valence-corrected chi connectivity index (χ4v) is 6.42. The number of amides is 3. The molecule has 1 heterocycles. The molecule has 1 aliphatic heterocycles. The van der Waals surface area contributed by atoms with Gasteiger partial charge in [-0.15, -0.1) is 0 Å². The van der Waals surface area contributed by atoms with Gasteiger partial charge in [0, 0.05) is 25.4 Å². The fourth-order valence-electron chi connectivity index (χ4n) is 6.42. The minimum absolute atomic E-state index is 0.116. The van der Waals surface area contributed by atoms with E-state index in [4.69, 9.17) is 24.7 Å². The number of fused-ring (bicyclic) bond motifs is 2. The topological polar surface area (TPSA) is 141 Å². The highest BCUT2D eigenvalue weighted by molar-refractivity contribution is 5.93. The smallest absolute Gasteiger partial charge is 0.246 e. The molecule has 0 bridgehead atoms. The Labute approximate surface area is 297 Å². The van der Waals surface area contributed by atoms with Crippen LogP contribution in [0.2, 0.25) is 0 Å². The van der Waals surface area contributed by atoms with E-state index in [2.05, 4.69) is 22.8 Å². The van der Waals surface area contributed by atoms with Crippen LogP contribution in [0.25, 0.3) is 0 Å². The summed E-state index contributed by atoms with van der Waals surface area (Å²) in [5, 5.41) is 6.34. The summed E-state index contributed by atoms with van der Waals surface area (Å²) in [4.78, 5) is 43.5. The molecule has 0 radical (unpaired) electrons. The second-order valence-corrected chi connectivity index (χ2v) is 14.4. The number of carbonyl (C=O) groups is 3. The van der Waals surface area contributed by atoms with Crippen molar-refractivity contribution < 1.29 is 33.3 Å². The molecule has 2 aromatic rings. The van der Waals surface area contributed by atoms with Gasteiger partial charge in [-0.25, -0.2) is 0 Å². The first-order valence-electron chi connectivity index (χ1n) is 18.2. The van der Waals surface area contributed by atoms with Crippen molar-refractivity contribution >= 4 is 17.7 Å². The van der Waals surface area contributed by atoms with E-state index in [9.17, 15) is 14.4 Å². The van der Waals surface area contributed by atoms with E-state index in [1.54, 1.807) is 4.90 Å². The van der Waals surface area contributed by atoms with Crippen LogP contribution in [0.4, 0.5) is 0 Å². The molecule has 11 heteroatoms. The first-order chi connectivity index (χ1) is 24.0. The molecule has 50 heavy (non-hydrogen) atoms. The summed E-state index contributed by atoms with van der Waals surface area (Å²) in [6, 6.07) is 12.4. The Morgan fingerprint density at radius 3 is 2.28 bits per heavy atom. The summed E-state index contributed by atoms with van der Waals surface area (Å²) in [5.74, 6) is -0.197. The predicted molar refractivity (Wildman–Crippen MR) is 193 cm³/mol. The summed E-state index contributed by atoms with van der Waals surface area (Å²) in [5.41, 5.74) is 9.11. The zero-order valence-corrected chi connectivity index (χ0v) is 30.6. The molecule has 1 aliphatic carbocycles. The van der Waals surface area contributed by atoms with Crippen molar-refractivity contribution in [2.24, 2.45) is 17.1 Å². The number of benzene rings is 2. The van der Waals surface area contributed by atoms with E-state index in [0.717, 1.165) is 36.0 Å². The van der Waals surface area contributed by atoms with Crippen LogP contribution in [-0.2, 0) is 48.0 Å². The van der Waals surface area contributed by atoms with Gasteiger partial charge < -0.3 is 40.2 Å². The molecular formula is C39H58N4O7. The average Bonchev–Trinajstić information content (AvgIpc) is 3.11. The van der Waals surface area contributed by atoms with Crippen LogP contribution in [-0.4, -0.2) is 87.5 Å². The summed E-state index contributed by atoms with van der Waals surface area (Å²) >= 11 is 0. The molecule has 2 aliphatic rings. The van der Waals surface area contributed by atoms with Gasteiger partial charge in [-0.05, 0) is 65.5 Å². The average molecular weight is 695 g/mol. The molecule has 2 aromatic carbocycles. The monoisotopic (exact) mass is 694 g/mol. The summed E-state index contributed by atoms with van der Waals surface area (Å²) < 4.78 is 22.4. The molecule has 0 saturated heterocycles. The first kappa shape index (κ1) is 39.3. The van der Waals surface area contributed by atoms with Gasteiger partial charge in [-0.3, -0.25) is 14.4 Å². The standard InChI is InChI=1S/C39H58N4O7/c1-6-27(2)36(44)42-35(39(3,4)5)38(46)43-26-30-24-31(50-23-22-49-21-20-48-19-18-47-17-16-40)15-14-29(30)25-34(43)37(45)41-33-13-9-11-28-10-7-8-12-32(28)33/h7-8,10,12,14-15,24,27,33-35H,6,9,11,13,16-23,25-26,40H2,1-5H3,(H,41,45)(H,42,44)/t27-,33-,34+,35-/m1/s1. The lowest BCUT2D eigenvalue weighted by molar-refractivity contribution is -0.147. The molecule has 0 spiro atoms. The van der Waals surface area contributed by atoms with E-state index >= 15 is 0 Å². The number of hydrogen-bond acceptors (Lipinski definition) is 8. The lowest BCUT2D eigenvalue weighted by atomic mass is 9.83. The van der Waals surface area contributed by atoms with Crippen molar-refractivity contribution in [3.8, 4) is 5.75 Å². The van der Waals surface area contributed by atoms with Crippen LogP contribution in [0.3, 0.4) is 0 Å². The van der Waals surface area contributed by atoms with E-state index < -0.39 is 17.5 Å². The maximum Gasteiger partial charge on any atom is 0.246 e. The highest BCUT2D eigenvalue weighted by Crippen LogP contribution is 2.33. The molecule has 276 valence electrons. The summed E-state index contributed by atoms with van der Waals surface area (Å²) in [6.07, 6.45) is 3.84. The molecule has 4 rings (SSSR count). The number of hydrogen-bond donors (Lipinski definition) is 3. The second-order valence-electron chi connectivity index (χ2n) is 14.4. The fraction of sp³-hybridized carbons (Fsp3) is 0.615. The van der Waals surface area contributed by atoms with Gasteiger partial charge in [0.15, 0.2) is 0 Å². The number of carbonyl (C=O) groups excluding carboxylic acids is 3. The Morgan fingerprint density at radius 2 is 1.60 bits per heavy atom. The Hall–Kier alpha value is -3.51.